The molecular formula is C22H22ClNO7S. The predicted octanol–water partition coefficient (Wildman–Crippen LogP) is 3.47. The van der Waals surface area contributed by atoms with Gasteiger partial charge in [-0.2, -0.15) is 0 Å². The standard InChI is InChI=1S/C22H22ClNO7S/c1-21(2,3)31-20(26)24-22(11-25)18(13-4-9-16-17(10-13)30-12-29-16)19(22)32(27,28)15-7-5-14(23)6-8-15/h4-11,18-19H,12H2,1-3H3,(H,24,26)/t18-,19+,22+/m1/s1. The van der Waals surface area contributed by atoms with E-state index >= 15 is 0 Å². The number of alkyl carbamates (subject to hydrolysis) is 1. The number of hydrogen-bond donors (Lipinski definition) is 1. The Kier molecular flexibility index (Phi) is 5.37. The van der Waals surface area contributed by atoms with Crippen LogP contribution in [0.1, 0.15) is 32.3 Å². The zero-order valence-corrected chi connectivity index (χ0v) is 19.2. The number of fused-ring (bicyclic) bond motifs is 1. The van der Waals surface area contributed by atoms with Crippen molar-refractivity contribution in [1.29, 1.82) is 0 Å². The molecule has 32 heavy (non-hydrogen) atoms. The summed E-state index contributed by atoms with van der Waals surface area (Å²) in [4.78, 5) is 24.9. The van der Waals surface area contributed by atoms with Crippen LogP contribution in [0.4, 0.5) is 4.79 Å². The summed E-state index contributed by atoms with van der Waals surface area (Å²) in [6.07, 6.45) is -0.422. The number of carbonyl (C=O) groups is 2. The molecule has 1 saturated carbocycles. The fourth-order valence-corrected chi connectivity index (χ4v) is 6.31. The van der Waals surface area contributed by atoms with Gasteiger partial charge in [0, 0.05) is 10.9 Å². The highest BCUT2D eigenvalue weighted by molar-refractivity contribution is 7.92. The maximum atomic E-state index is 13.5. The first kappa shape index (κ1) is 22.4. The SMILES string of the molecule is CC(C)(C)OC(=O)N[C@@]1(C=O)[C@H](c2ccc3c(c2)OCO3)[C@@H]1S(=O)(=O)c1ccc(Cl)cc1. The van der Waals surface area contributed by atoms with Crippen molar-refractivity contribution in [2.75, 3.05) is 6.79 Å². The van der Waals surface area contributed by atoms with E-state index < -0.39 is 38.2 Å². The van der Waals surface area contributed by atoms with Crippen molar-refractivity contribution in [3.63, 3.8) is 0 Å². The van der Waals surface area contributed by atoms with Crippen LogP contribution in [0.2, 0.25) is 5.02 Å². The lowest BCUT2D eigenvalue weighted by Crippen LogP contribution is -2.45. The van der Waals surface area contributed by atoms with Crippen molar-refractivity contribution in [1.82, 2.24) is 5.32 Å². The third-order valence-corrected chi connectivity index (χ3v) is 7.84. The first-order valence-corrected chi connectivity index (χ1v) is 11.8. The molecule has 3 atom stereocenters. The first-order chi connectivity index (χ1) is 15.0. The highest BCUT2D eigenvalue weighted by Crippen LogP contribution is 2.57. The Labute approximate surface area is 190 Å². The topological polar surface area (TPSA) is 108 Å². The van der Waals surface area contributed by atoms with Crippen LogP contribution < -0.4 is 14.8 Å². The van der Waals surface area contributed by atoms with Gasteiger partial charge in [0.2, 0.25) is 6.79 Å². The molecule has 0 unspecified atom stereocenters. The summed E-state index contributed by atoms with van der Waals surface area (Å²) in [5, 5.41) is 1.65. The van der Waals surface area contributed by atoms with Gasteiger partial charge in [-0.15, -0.1) is 0 Å². The van der Waals surface area contributed by atoms with E-state index in [1.807, 2.05) is 0 Å². The van der Waals surface area contributed by atoms with Crippen LogP contribution in [0.25, 0.3) is 0 Å². The van der Waals surface area contributed by atoms with Gasteiger partial charge >= 0.3 is 6.09 Å². The number of hydrogen-bond acceptors (Lipinski definition) is 7. The maximum absolute atomic E-state index is 13.5. The van der Waals surface area contributed by atoms with Crippen LogP contribution >= 0.6 is 11.6 Å². The number of benzene rings is 2. The van der Waals surface area contributed by atoms with Gasteiger partial charge in [-0.3, -0.25) is 0 Å². The van der Waals surface area contributed by atoms with Crippen molar-refractivity contribution in [2.45, 2.75) is 48.0 Å². The van der Waals surface area contributed by atoms with E-state index in [9.17, 15) is 18.0 Å². The van der Waals surface area contributed by atoms with Gasteiger partial charge in [0.25, 0.3) is 0 Å². The molecule has 0 bridgehead atoms. The van der Waals surface area contributed by atoms with Crippen LogP contribution in [-0.2, 0) is 19.4 Å². The third-order valence-electron chi connectivity index (χ3n) is 5.32. The van der Waals surface area contributed by atoms with E-state index in [2.05, 4.69) is 5.32 Å². The van der Waals surface area contributed by atoms with Crippen LogP contribution in [0.5, 0.6) is 11.5 Å². The molecule has 2 aromatic carbocycles. The van der Waals surface area contributed by atoms with E-state index in [1.165, 1.54) is 24.3 Å². The number of carbonyl (C=O) groups excluding carboxylic acids is 2. The van der Waals surface area contributed by atoms with Gasteiger partial charge in [-0.25, -0.2) is 13.2 Å². The molecule has 0 aromatic heterocycles. The van der Waals surface area contributed by atoms with Gasteiger partial charge in [0.1, 0.15) is 22.7 Å². The molecule has 1 amide bonds. The molecule has 1 N–H and O–H groups in total. The van der Waals surface area contributed by atoms with E-state index in [0.717, 1.165) is 0 Å². The number of rotatable bonds is 5. The molecule has 2 aromatic rings. The van der Waals surface area contributed by atoms with Crippen molar-refractivity contribution in [3.05, 3.63) is 53.1 Å². The largest absolute Gasteiger partial charge is 0.454 e. The fraction of sp³-hybridized carbons (Fsp3) is 0.364. The molecule has 0 radical (unpaired) electrons. The fourth-order valence-electron chi connectivity index (χ4n) is 3.94. The van der Waals surface area contributed by atoms with E-state index in [4.69, 9.17) is 25.8 Å². The number of halogens is 1. The van der Waals surface area contributed by atoms with Crippen molar-refractivity contribution >= 4 is 33.8 Å². The van der Waals surface area contributed by atoms with Crippen molar-refractivity contribution in [3.8, 4) is 11.5 Å². The second kappa shape index (κ2) is 7.67. The maximum Gasteiger partial charge on any atom is 0.408 e. The Morgan fingerprint density at radius 1 is 1.16 bits per heavy atom. The van der Waals surface area contributed by atoms with Gasteiger partial charge < -0.3 is 24.3 Å². The molecule has 0 saturated heterocycles. The Morgan fingerprint density at radius 2 is 1.81 bits per heavy atom. The second-order valence-corrected chi connectivity index (χ2v) is 11.2. The smallest absolute Gasteiger partial charge is 0.408 e. The van der Waals surface area contributed by atoms with Crippen molar-refractivity contribution < 1.29 is 32.2 Å². The zero-order valence-electron chi connectivity index (χ0n) is 17.6. The van der Waals surface area contributed by atoms with Gasteiger partial charge in [0.15, 0.2) is 21.3 Å². The number of ether oxygens (including phenoxy) is 3. The summed E-state index contributed by atoms with van der Waals surface area (Å²) < 4.78 is 43.0. The summed E-state index contributed by atoms with van der Waals surface area (Å²) in [6, 6.07) is 10.6. The molecule has 1 aliphatic carbocycles. The lowest BCUT2D eigenvalue weighted by Gasteiger charge is -2.22. The highest BCUT2D eigenvalue weighted by atomic mass is 35.5. The Hall–Kier alpha value is -2.78. The van der Waals surface area contributed by atoms with E-state index in [0.29, 0.717) is 28.4 Å². The molecule has 0 spiro atoms. The monoisotopic (exact) mass is 479 g/mol. The second-order valence-electron chi connectivity index (χ2n) is 8.69. The van der Waals surface area contributed by atoms with Crippen LogP contribution in [-0.4, -0.2) is 44.0 Å². The Balaban J connectivity index is 1.76. The summed E-state index contributed by atoms with van der Waals surface area (Å²) >= 11 is 5.90. The predicted molar refractivity (Wildman–Crippen MR) is 116 cm³/mol. The zero-order chi connectivity index (χ0) is 23.3. The first-order valence-electron chi connectivity index (χ1n) is 9.84. The molecule has 4 rings (SSSR count). The molecule has 1 aliphatic heterocycles. The van der Waals surface area contributed by atoms with Crippen LogP contribution in [0.15, 0.2) is 47.4 Å². The highest BCUT2D eigenvalue weighted by Gasteiger charge is 2.73. The minimum atomic E-state index is -4.04. The Morgan fingerprint density at radius 3 is 2.44 bits per heavy atom. The molecule has 10 heteroatoms. The average molecular weight is 480 g/mol. The van der Waals surface area contributed by atoms with Gasteiger partial charge in [-0.1, -0.05) is 17.7 Å². The van der Waals surface area contributed by atoms with Gasteiger partial charge in [-0.05, 0) is 62.7 Å². The van der Waals surface area contributed by atoms with Crippen LogP contribution in [0.3, 0.4) is 0 Å². The lowest BCUT2D eigenvalue weighted by atomic mass is 10.1. The third kappa shape index (κ3) is 3.91. The Bertz CT molecular complexity index is 1170. The lowest BCUT2D eigenvalue weighted by molar-refractivity contribution is -0.110. The number of amides is 1. The summed E-state index contributed by atoms with van der Waals surface area (Å²) in [5.74, 6) is 0.0973. The summed E-state index contributed by atoms with van der Waals surface area (Å²) in [7, 11) is -4.04. The van der Waals surface area contributed by atoms with Crippen LogP contribution in [0, 0.1) is 0 Å². The number of sulfone groups is 1. The summed E-state index contributed by atoms with van der Waals surface area (Å²) in [6.45, 7) is 5.06. The van der Waals surface area contributed by atoms with E-state index in [-0.39, 0.29) is 11.7 Å². The van der Waals surface area contributed by atoms with Crippen molar-refractivity contribution in [2.24, 2.45) is 0 Å². The normalized spacial score (nSPS) is 24.0. The molecule has 2 aliphatic rings. The minimum absolute atomic E-state index is 0.00708. The molecular weight excluding hydrogens is 458 g/mol. The molecule has 1 fully saturated rings. The number of nitrogens with one attached hydrogen (secondary N) is 1. The molecule has 170 valence electrons. The minimum Gasteiger partial charge on any atom is -0.454 e. The van der Waals surface area contributed by atoms with E-state index in [1.54, 1.807) is 39.0 Å². The van der Waals surface area contributed by atoms with Gasteiger partial charge in [0.05, 0.1) is 4.90 Å². The quantitative estimate of drug-likeness (QED) is 0.654. The number of aldehydes is 1. The summed E-state index contributed by atoms with van der Waals surface area (Å²) in [5.41, 5.74) is -2.03. The molecule has 8 nitrogen and oxygen atoms in total. The molecule has 1 heterocycles. The average Bonchev–Trinajstić information content (AvgIpc) is 3.13.